The fourth-order valence-electron chi connectivity index (χ4n) is 3.80. The van der Waals surface area contributed by atoms with Crippen molar-refractivity contribution >= 4 is 39.9 Å². The highest BCUT2D eigenvalue weighted by molar-refractivity contribution is 6.31. The van der Waals surface area contributed by atoms with Gasteiger partial charge >= 0.3 is 0 Å². The first kappa shape index (κ1) is 23.3. The summed E-state index contributed by atoms with van der Waals surface area (Å²) in [4.78, 5) is 26.8. The largest absolute Gasteiger partial charge is 0.497 e. The number of anilines is 2. The molecule has 7 nitrogen and oxygen atoms in total. The minimum atomic E-state index is -0.213. The lowest BCUT2D eigenvalue weighted by atomic mass is 10.1. The van der Waals surface area contributed by atoms with Gasteiger partial charge in [-0.3, -0.25) is 9.78 Å². The average molecular weight is 496 g/mol. The number of methoxy groups -OCH3 is 1. The number of rotatable bonds is 7. The van der Waals surface area contributed by atoms with Crippen LogP contribution >= 0.6 is 11.6 Å². The van der Waals surface area contributed by atoms with Gasteiger partial charge in [0.05, 0.1) is 23.9 Å². The molecule has 1 amide bonds. The van der Waals surface area contributed by atoms with Crippen molar-refractivity contribution in [2.45, 2.75) is 6.54 Å². The van der Waals surface area contributed by atoms with E-state index in [9.17, 15) is 4.79 Å². The lowest BCUT2D eigenvalue weighted by molar-refractivity contribution is 0.0951. The standard InChI is InChI=1S/C28H22ClN5O2/c1-36-21-8-4-6-18(14-21)16-31-28(35)23-9-2-3-10-24(23)32-27-22-12-11-20(29)15-25(22)33-26(34-27)19-7-5-13-30-17-19/h2-15,17H,16H2,1H3,(H,31,35)(H,32,33,34). The molecule has 0 aliphatic carbocycles. The molecule has 0 aliphatic rings. The Morgan fingerprint density at radius 2 is 1.86 bits per heavy atom. The van der Waals surface area contributed by atoms with Crippen LogP contribution in [-0.4, -0.2) is 28.0 Å². The topological polar surface area (TPSA) is 89.0 Å². The number of benzene rings is 3. The highest BCUT2D eigenvalue weighted by Crippen LogP contribution is 2.30. The molecule has 2 aromatic heterocycles. The van der Waals surface area contributed by atoms with Crippen LogP contribution in [0.1, 0.15) is 15.9 Å². The van der Waals surface area contributed by atoms with Gasteiger partial charge in [0, 0.05) is 34.9 Å². The van der Waals surface area contributed by atoms with Crippen LogP contribution in [-0.2, 0) is 6.54 Å². The predicted octanol–water partition coefficient (Wildman–Crippen LogP) is 6.03. The summed E-state index contributed by atoms with van der Waals surface area (Å²) in [5.74, 6) is 1.59. The number of fused-ring (bicyclic) bond motifs is 1. The van der Waals surface area contributed by atoms with E-state index < -0.39 is 0 Å². The van der Waals surface area contributed by atoms with Crippen LogP contribution in [0.2, 0.25) is 5.02 Å². The lowest BCUT2D eigenvalue weighted by Crippen LogP contribution is -2.23. The van der Waals surface area contributed by atoms with Gasteiger partial charge in [-0.1, -0.05) is 35.9 Å². The lowest BCUT2D eigenvalue weighted by Gasteiger charge is -2.14. The number of carbonyl (C=O) groups excluding carboxylic acids is 1. The van der Waals surface area contributed by atoms with E-state index in [-0.39, 0.29) is 5.91 Å². The van der Waals surface area contributed by atoms with Crippen LogP contribution in [0.25, 0.3) is 22.3 Å². The molecular formula is C28H22ClN5O2. The summed E-state index contributed by atoms with van der Waals surface area (Å²) in [6.45, 7) is 0.366. The van der Waals surface area contributed by atoms with Gasteiger partial charge in [-0.15, -0.1) is 0 Å². The molecule has 2 N–H and O–H groups in total. The first-order valence-electron chi connectivity index (χ1n) is 11.3. The van der Waals surface area contributed by atoms with E-state index in [0.717, 1.165) is 22.3 Å². The number of halogens is 1. The van der Waals surface area contributed by atoms with Gasteiger partial charge in [0.2, 0.25) is 0 Å². The van der Waals surface area contributed by atoms with Crippen molar-refractivity contribution < 1.29 is 9.53 Å². The number of nitrogens with zero attached hydrogens (tertiary/aromatic N) is 3. The Kier molecular flexibility index (Phi) is 6.73. The van der Waals surface area contributed by atoms with Gasteiger partial charge in [-0.25, -0.2) is 9.97 Å². The minimum Gasteiger partial charge on any atom is -0.497 e. The molecule has 0 bridgehead atoms. The van der Waals surface area contributed by atoms with Gasteiger partial charge in [-0.05, 0) is 60.2 Å². The third-order valence-corrected chi connectivity index (χ3v) is 5.83. The van der Waals surface area contributed by atoms with Gasteiger partial charge in [-0.2, -0.15) is 0 Å². The van der Waals surface area contributed by atoms with E-state index in [1.807, 2.05) is 60.7 Å². The summed E-state index contributed by atoms with van der Waals surface area (Å²) in [6, 6.07) is 24.0. The van der Waals surface area contributed by atoms with Crippen LogP contribution in [0.4, 0.5) is 11.5 Å². The third kappa shape index (κ3) is 5.11. The Labute approximate surface area is 213 Å². The number of hydrogen-bond donors (Lipinski definition) is 2. The number of amides is 1. The number of aromatic nitrogens is 3. The summed E-state index contributed by atoms with van der Waals surface area (Å²) in [6.07, 6.45) is 3.40. The second kappa shape index (κ2) is 10.4. The van der Waals surface area contributed by atoms with E-state index in [1.54, 1.807) is 37.7 Å². The van der Waals surface area contributed by atoms with Crippen molar-refractivity contribution in [3.63, 3.8) is 0 Å². The zero-order valence-electron chi connectivity index (χ0n) is 19.4. The van der Waals surface area contributed by atoms with Crippen LogP contribution in [0, 0.1) is 0 Å². The van der Waals surface area contributed by atoms with Gasteiger partial charge < -0.3 is 15.4 Å². The third-order valence-electron chi connectivity index (χ3n) is 5.59. The van der Waals surface area contributed by atoms with Crippen molar-refractivity contribution in [3.8, 4) is 17.1 Å². The molecule has 0 fully saturated rings. The smallest absolute Gasteiger partial charge is 0.253 e. The molecule has 3 aromatic carbocycles. The van der Waals surface area contributed by atoms with Crippen LogP contribution in [0.15, 0.2) is 91.3 Å². The molecule has 8 heteroatoms. The molecule has 0 unspecified atom stereocenters. The molecule has 0 saturated heterocycles. The Balaban J connectivity index is 1.47. The normalized spacial score (nSPS) is 10.7. The molecule has 0 spiro atoms. The van der Waals surface area contributed by atoms with E-state index >= 15 is 0 Å². The molecule has 178 valence electrons. The zero-order valence-corrected chi connectivity index (χ0v) is 20.2. The van der Waals surface area contributed by atoms with Crippen molar-refractivity contribution in [2.24, 2.45) is 0 Å². The van der Waals surface area contributed by atoms with Crippen LogP contribution in [0.3, 0.4) is 0 Å². The second-order valence-electron chi connectivity index (χ2n) is 8.00. The van der Waals surface area contributed by atoms with Crippen molar-refractivity contribution in [1.82, 2.24) is 20.3 Å². The fraction of sp³-hybridized carbons (Fsp3) is 0.0714. The number of hydrogen-bond acceptors (Lipinski definition) is 6. The number of pyridine rings is 1. The fourth-order valence-corrected chi connectivity index (χ4v) is 3.97. The molecule has 0 atom stereocenters. The minimum absolute atomic E-state index is 0.213. The molecular weight excluding hydrogens is 474 g/mol. The van der Waals surface area contributed by atoms with Crippen molar-refractivity contribution in [2.75, 3.05) is 12.4 Å². The first-order chi connectivity index (χ1) is 17.6. The van der Waals surface area contributed by atoms with E-state index in [1.165, 1.54) is 0 Å². The van der Waals surface area contributed by atoms with E-state index in [2.05, 4.69) is 20.6 Å². The Bertz CT molecular complexity index is 1540. The van der Waals surface area contributed by atoms with Crippen LogP contribution < -0.4 is 15.4 Å². The summed E-state index contributed by atoms with van der Waals surface area (Å²) in [7, 11) is 1.62. The van der Waals surface area contributed by atoms with E-state index in [0.29, 0.717) is 40.0 Å². The summed E-state index contributed by atoms with van der Waals surface area (Å²) < 4.78 is 5.27. The monoisotopic (exact) mass is 495 g/mol. The maximum atomic E-state index is 13.1. The highest BCUT2D eigenvalue weighted by Gasteiger charge is 2.15. The number of para-hydroxylation sites is 1. The van der Waals surface area contributed by atoms with Gasteiger partial charge in [0.25, 0.3) is 5.91 Å². The molecule has 0 aliphatic heterocycles. The molecule has 0 saturated carbocycles. The molecule has 5 rings (SSSR count). The number of ether oxygens (including phenoxy) is 1. The highest BCUT2D eigenvalue weighted by atomic mass is 35.5. The number of nitrogens with one attached hydrogen (secondary N) is 2. The quantitative estimate of drug-likeness (QED) is 0.286. The second-order valence-corrected chi connectivity index (χ2v) is 8.44. The Morgan fingerprint density at radius 3 is 2.69 bits per heavy atom. The van der Waals surface area contributed by atoms with Crippen LogP contribution in [0.5, 0.6) is 5.75 Å². The predicted molar refractivity (Wildman–Crippen MR) is 142 cm³/mol. The molecule has 5 aromatic rings. The SMILES string of the molecule is COc1cccc(CNC(=O)c2ccccc2Nc2nc(-c3cccnc3)nc3cc(Cl)ccc23)c1. The Morgan fingerprint density at radius 1 is 0.972 bits per heavy atom. The zero-order chi connectivity index (χ0) is 24.9. The summed E-state index contributed by atoms with van der Waals surface area (Å²) >= 11 is 6.25. The summed E-state index contributed by atoms with van der Waals surface area (Å²) in [5.41, 5.74) is 3.50. The number of carbonyl (C=O) groups is 1. The maximum absolute atomic E-state index is 13.1. The average Bonchev–Trinajstić information content (AvgIpc) is 2.92. The van der Waals surface area contributed by atoms with Gasteiger partial charge in [0.1, 0.15) is 11.6 Å². The molecule has 2 heterocycles. The van der Waals surface area contributed by atoms with Crippen molar-refractivity contribution in [1.29, 1.82) is 0 Å². The molecule has 36 heavy (non-hydrogen) atoms. The van der Waals surface area contributed by atoms with Crippen molar-refractivity contribution in [3.05, 3.63) is 107 Å². The summed E-state index contributed by atoms with van der Waals surface area (Å²) in [5, 5.41) is 7.68. The maximum Gasteiger partial charge on any atom is 0.253 e. The van der Waals surface area contributed by atoms with E-state index in [4.69, 9.17) is 21.3 Å². The first-order valence-corrected chi connectivity index (χ1v) is 11.6. The van der Waals surface area contributed by atoms with Gasteiger partial charge in [0.15, 0.2) is 5.82 Å². The molecule has 0 radical (unpaired) electrons. The Hall–Kier alpha value is -4.49.